The normalized spacial score (nSPS) is 12.9. The number of hydrogen-bond acceptors (Lipinski definition) is 10. The van der Waals surface area contributed by atoms with Gasteiger partial charge in [0, 0.05) is 41.4 Å². The van der Waals surface area contributed by atoms with Crippen LogP contribution in [-0.4, -0.2) is 81.0 Å². The largest absolute Gasteiger partial charge is 0.453 e. The number of pyridine rings is 1. The number of nitro groups is 1. The summed E-state index contributed by atoms with van der Waals surface area (Å²) < 4.78 is 43.9. The number of H-pyrrole nitrogens is 1. The molecule has 0 saturated heterocycles. The molecule has 1 aromatic heterocycles. The van der Waals surface area contributed by atoms with E-state index in [1.165, 1.54) is 53.6 Å². The number of rotatable bonds is 21. The maximum atomic E-state index is 15.0. The molecule has 0 aliphatic carbocycles. The van der Waals surface area contributed by atoms with Crippen LogP contribution in [0.4, 0.5) is 16.2 Å². The van der Waals surface area contributed by atoms with E-state index in [1.807, 2.05) is 135 Å². The van der Waals surface area contributed by atoms with Crippen molar-refractivity contribution >= 4 is 63.9 Å². The Labute approximate surface area is 409 Å². The van der Waals surface area contributed by atoms with Gasteiger partial charge in [0.1, 0.15) is 11.7 Å². The fourth-order valence-electron chi connectivity index (χ4n) is 8.43. The number of amides is 2. The lowest BCUT2D eigenvalue weighted by molar-refractivity contribution is -0.384. The SMILES string of the molecule is COC(=O)N[C@H](C(=O)Nc1c(SC[C@@H](CO[Si](c2ccccc2)(c2ccccc2)C(C)(C)C)N(CCC(C)C)S(=O)(=O)c2ccc([N+](=O)[O-])cc2)cc[nH]c1=O)C(c1ccccc1)c1ccccc1. The van der Waals surface area contributed by atoms with Crippen LogP contribution in [0.25, 0.3) is 0 Å². The van der Waals surface area contributed by atoms with Crippen molar-refractivity contribution in [2.24, 2.45) is 5.92 Å². The first-order chi connectivity index (χ1) is 33.0. The number of carbonyl (C=O) groups excluding carboxylic acids is 2. The third kappa shape index (κ3) is 12.5. The number of alkyl carbamates (subject to hydrolysis) is 1. The molecular weight excluding hydrogens is 931 g/mol. The Balaban J connectivity index is 1.45. The highest BCUT2D eigenvalue weighted by molar-refractivity contribution is 7.99. The Kier molecular flexibility index (Phi) is 17.6. The standard InChI is InChI=1S/C52H59N5O9S2Si/c1-37(2)32-34-56(68(63,64)42-29-27-40(28-30-42)57(61)62)41(35-66-69(52(3,4)5,43-23-15-9-16-24-43)44-25-17-10-18-26-44)36-67-45-31-33-53-49(58)47(45)54-50(59)48(55-51(60)65-6)46(38-19-11-7-12-20-38)39-21-13-8-14-22-39/h7-31,33,37,41,46,48H,32,34-36H2,1-6H3,(H,53,58)(H,54,59)(H,55,60)/t41-,48+/m1/s1. The van der Waals surface area contributed by atoms with Gasteiger partial charge in [-0.25, -0.2) is 13.2 Å². The number of sulfonamides is 1. The topological polar surface area (TPSA) is 190 Å². The first kappa shape index (κ1) is 52.0. The predicted molar refractivity (Wildman–Crippen MR) is 274 cm³/mol. The summed E-state index contributed by atoms with van der Waals surface area (Å²) in [5.74, 6) is -1.30. The molecule has 0 bridgehead atoms. The lowest BCUT2D eigenvalue weighted by Crippen LogP contribution is -2.67. The lowest BCUT2D eigenvalue weighted by atomic mass is 9.84. The van der Waals surface area contributed by atoms with Crippen molar-refractivity contribution in [1.29, 1.82) is 0 Å². The van der Waals surface area contributed by atoms with E-state index in [4.69, 9.17) is 9.16 Å². The number of benzene rings is 5. The number of carbonyl (C=O) groups is 2. The number of thioether (sulfide) groups is 1. The summed E-state index contributed by atoms with van der Waals surface area (Å²) in [5.41, 5.74) is 0.447. The molecule has 5 aromatic carbocycles. The number of anilines is 1. The smallest absolute Gasteiger partial charge is 0.407 e. The zero-order chi connectivity index (χ0) is 49.8. The number of methoxy groups -OCH3 is 1. The van der Waals surface area contributed by atoms with Crippen LogP contribution in [0, 0.1) is 16.0 Å². The number of nitrogens with zero attached hydrogens (tertiary/aromatic N) is 2. The third-order valence-corrected chi connectivity index (χ3v) is 20.1. The monoisotopic (exact) mass is 989 g/mol. The summed E-state index contributed by atoms with van der Waals surface area (Å²) >= 11 is 1.17. The summed E-state index contributed by atoms with van der Waals surface area (Å²) in [6, 6.07) is 42.6. The number of ether oxygens (including phenoxy) is 1. The first-order valence-corrected chi connectivity index (χ1v) is 26.9. The zero-order valence-corrected chi connectivity index (χ0v) is 42.2. The van der Waals surface area contributed by atoms with E-state index < -0.39 is 63.9 Å². The summed E-state index contributed by atoms with van der Waals surface area (Å²) in [4.78, 5) is 55.4. The molecule has 0 aliphatic rings. The van der Waals surface area contributed by atoms with E-state index >= 15 is 8.42 Å². The molecule has 69 heavy (non-hydrogen) atoms. The Morgan fingerprint density at radius 1 is 0.812 bits per heavy atom. The number of nitrogens with one attached hydrogen (secondary N) is 3. The highest BCUT2D eigenvalue weighted by Gasteiger charge is 2.51. The molecule has 14 nitrogen and oxygen atoms in total. The highest BCUT2D eigenvalue weighted by atomic mass is 32.2. The van der Waals surface area contributed by atoms with Crippen molar-refractivity contribution in [1.82, 2.24) is 14.6 Å². The maximum absolute atomic E-state index is 15.0. The van der Waals surface area contributed by atoms with Gasteiger partial charge in [-0.15, -0.1) is 11.8 Å². The van der Waals surface area contributed by atoms with Crippen LogP contribution in [0.5, 0.6) is 0 Å². The van der Waals surface area contributed by atoms with Crippen molar-refractivity contribution < 1.29 is 32.1 Å². The second-order valence-electron chi connectivity index (χ2n) is 17.9. The van der Waals surface area contributed by atoms with Gasteiger partial charge in [-0.2, -0.15) is 4.31 Å². The van der Waals surface area contributed by atoms with Crippen LogP contribution in [0.3, 0.4) is 0 Å². The number of non-ortho nitro benzene ring substituents is 1. The average Bonchev–Trinajstić information content (AvgIpc) is 3.34. The number of hydrogen-bond donors (Lipinski definition) is 3. The number of aromatic amines is 1. The van der Waals surface area contributed by atoms with Crippen molar-refractivity contribution in [3.8, 4) is 0 Å². The lowest BCUT2D eigenvalue weighted by Gasteiger charge is -2.44. The van der Waals surface area contributed by atoms with Crippen LogP contribution in [0.1, 0.15) is 58.1 Å². The Hall–Kier alpha value is -6.37. The van der Waals surface area contributed by atoms with Crippen molar-refractivity contribution in [2.45, 2.75) is 73.9 Å². The Morgan fingerprint density at radius 2 is 1.33 bits per heavy atom. The van der Waals surface area contributed by atoms with Gasteiger partial charge < -0.3 is 24.8 Å². The number of aromatic nitrogens is 1. The summed E-state index contributed by atoms with van der Waals surface area (Å²) in [6.45, 7) is 10.4. The van der Waals surface area contributed by atoms with E-state index in [0.29, 0.717) is 11.3 Å². The van der Waals surface area contributed by atoms with Crippen molar-refractivity contribution in [2.75, 3.05) is 31.3 Å². The quantitative estimate of drug-likeness (QED) is 0.0273. The van der Waals surface area contributed by atoms with Gasteiger partial charge in [-0.05, 0) is 57.1 Å². The van der Waals surface area contributed by atoms with Gasteiger partial charge in [0.15, 0.2) is 0 Å². The molecule has 2 amide bonds. The molecule has 2 atom stereocenters. The minimum absolute atomic E-state index is 0.0370. The van der Waals surface area contributed by atoms with Gasteiger partial charge in [0.05, 0.1) is 29.6 Å². The molecule has 6 rings (SSSR count). The second kappa shape index (κ2) is 23.3. The van der Waals surface area contributed by atoms with Gasteiger partial charge in [-0.1, -0.05) is 156 Å². The molecule has 6 aromatic rings. The van der Waals surface area contributed by atoms with Crippen LogP contribution in [-0.2, 0) is 24.0 Å². The summed E-state index contributed by atoms with van der Waals surface area (Å²) in [5, 5.41) is 18.7. The summed E-state index contributed by atoms with van der Waals surface area (Å²) in [7, 11) is -6.43. The fourth-order valence-corrected chi connectivity index (χ4v) is 15.8. The minimum Gasteiger partial charge on any atom is -0.453 e. The zero-order valence-electron chi connectivity index (χ0n) is 39.5. The van der Waals surface area contributed by atoms with Crippen molar-refractivity contribution in [3.63, 3.8) is 0 Å². The molecule has 0 saturated carbocycles. The molecular formula is C52H59N5O9S2Si. The molecule has 0 spiro atoms. The first-order valence-electron chi connectivity index (χ1n) is 22.6. The van der Waals surface area contributed by atoms with Crippen molar-refractivity contribution in [3.05, 3.63) is 189 Å². The van der Waals surface area contributed by atoms with E-state index in [9.17, 15) is 24.5 Å². The van der Waals surface area contributed by atoms with Gasteiger partial charge >= 0.3 is 6.09 Å². The third-order valence-electron chi connectivity index (χ3n) is 11.9. The molecule has 0 aliphatic heterocycles. The number of nitro benzene ring substituents is 1. The maximum Gasteiger partial charge on any atom is 0.407 e. The highest BCUT2D eigenvalue weighted by Crippen LogP contribution is 2.38. The van der Waals surface area contributed by atoms with Crippen LogP contribution in [0.2, 0.25) is 5.04 Å². The van der Waals surface area contributed by atoms with Crippen LogP contribution >= 0.6 is 11.8 Å². The van der Waals surface area contributed by atoms with E-state index in [0.717, 1.165) is 21.5 Å². The fraction of sp³-hybridized carbons (Fsp3) is 0.288. The van der Waals surface area contributed by atoms with Gasteiger partial charge in [-0.3, -0.25) is 19.7 Å². The van der Waals surface area contributed by atoms with Gasteiger partial charge in [0.2, 0.25) is 15.9 Å². The molecule has 0 fully saturated rings. The van der Waals surface area contributed by atoms with E-state index in [1.54, 1.807) is 6.07 Å². The Morgan fingerprint density at radius 3 is 1.81 bits per heavy atom. The summed E-state index contributed by atoms with van der Waals surface area (Å²) in [6.07, 6.45) is 1.06. The van der Waals surface area contributed by atoms with Crippen LogP contribution in [0.15, 0.2) is 172 Å². The molecule has 362 valence electrons. The van der Waals surface area contributed by atoms with E-state index in [-0.39, 0.29) is 41.1 Å². The molecule has 3 N–H and O–H groups in total. The second-order valence-corrected chi connectivity index (χ2v) is 25.2. The molecule has 0 unspecified atom stereocenters. The molecule has 0 radical (unpaired) electrons. The predicted octanol–water partition coefficient (Wildman–Crippen LogP) is 8.55. The minimum atomic E-state index is -4.36. The average molecular weight is 990 g/mol. The molecule has 1 heterocycles. The van der Waals surface area contributed by atoms with Crippen LogP contribution < -0.4 is 26.6 Å². The van der Waals surface area contributed by atoms with Gasteiger partial charge in [0.25, 0.3) is 19.6 Å². The molecule has 17 heteroatoms. The Bertz CT molecular complexity index is 2740. The van der Waals surface area contributed by atoms with E-state index in [2.05, 4.69) is 36.4 Å².